The van der Waals surface area contributed by atoms with Crippen molar-refractivity contribution in [1.82, 2.24) is 9.55 Å². The highest BCUT2D eigenvalue weighted by Crippen LogP contribution is 2.24. The lowest BCUT2D eigenvalue weighted by Crippen LogP contribution is -2.17. The average Bonchev–Trinajstić information content (AvgIpc) is 3.00. The van der Waals surface area contributed by atoms with Crippen LogP contribution in [0.15, 0.2) is 5.16 Å². The molecule has 5 nitrogen and oxygen atoms in total. The van der Waals surface area contributed by atoms with Crippen molar-refractivity contribution in [2.75, 3.05) is 19.5 Å². The van der Waals surface area contributed by atoms with E-state index < -0.39 is 0 Å². The van der Waals surface area contributed by atoms with E-state index in [9.17, 15) is 4.79 Å². The highest BCUT2D eigenvalue weighted by Gasteiger charge is 2.20. The zero-order chi connectivity index (χ0) is 13.8. The normalized spacial score (nSPS) is 18.8. The summed E-state index contributed by atoms with van der Waals surface area (Å²) in [6.45, 7) is 5.71. The second-order valence-electron chi connectivity index (χ2n) is 4.68. The summed E-state index contributed by atoms with van der Waals surface area (Å²) in [4.78, 5) is 15.7. The van der Waals surface area contributed by atoms with E-state index in [4.69, 9.17) is 4.74 Å². The van der Waals surface area contributed by atoms with Crippen LogP contribution in [0.2, 0.25) is 0 Å². The second-order valence-corrected chi connectivity index (χ2v) is 5.62. The topological polar surface area (TPSA) is 53.3 Å². The summed E-state index contributed by atoms with van der Waals surface area (Å²) in [5.41, 5.74) is 2.15. The number of nitrogens with zero attached hydrogens (tertiary/aromatic N) is 2. The molecule has 1 atom stereocenters. The van der Waals surface area contributed by atoms with Crippen LogP contribution in [-0.2, 0) is 20.8 Å². The van der Waals surface area contributed by atoms with E-state index in [1.54, 1.807) is 0 Å². The number of rotatable bonds is 5. The first-order valence-electron chi connectivity index (χ1n) is 6.46. The smallest absolute Gasteiger partial charge is 0.316 e. The van der Waals surface area contributed by atoms with Crippen LogP contribution in [-0.4, -0.2) is 41.1 Å². The number of hydrogen-bond donors (Lipinski definition) is 0. The maximum absolute atomic E-state index is 11.2. The minimum atomic E-state index is -0.230. The zero-order valence-electron chi connectivity index (χ0n) is 11.6. The number of aryl methyl sites for hydroxylation is 1. The summed E-state index contributed by atoms with van der Waals surface area (Å²) in [6.07, 6.45) is 2.49. The van der Waals surface area contributed by atoms with Crippen molar-refractivity contribution in [1.29, 1.82) is 0 Å². The fraction of sp³-hybridized carbons (Fsp3) is 0.692. The zero-order valence-corrected chi connectivity index (χ0v) is 12.5. The van der Waals surface area contributed by atoms with E-state index >= 15 is 0 Å². The van der Waals surface area contributed by atoms with Crippen molar-refractivity contribution < 1.29 is 14.3 Å². The summed E-state index contributed by atoms with van der Waals surface area (Å²) >= 11 is 1.42. The first-order valence-corrected chi connectivity index (χ1v) is 7.45. The predicted octanol–water partition coefficient (Wildman–Crippen LogP) is 1.94. The lowest BCUT2D eigenvalue weighted by molar-refractivity contribution is -0.137. The molecular formula is C13H20N2O3S. The Hall–Kier alpha value is -1.01. The molecular weight excluding hydrogens is 264 g/mol. The van der Waals surface area contributed by atoms with Crippen LogP contribution in [0, 0.1) is 13.8 Å². The third-order valence-electron chi connectivity index (χ3n) is 3.38. The number of esters is 1. The van der Waals surface area contributed by atoms with Gasteiger partial charge >= 0.3 is 5.97 Å². The molecule has 1 saturated heterocycles. The largest absolute Gasteiger partial charge is 0.468 e. The number of carbonyl (C=O) groups is 1. The van der Waals surface area contributed by atoms with E-state index in [2.05, 4.69) is 21.2 Å². The molecule has 0 amide bonds. The minimum absolute atomic E-state index is 0.230. The molecule has 19 heavy (non-hydrogen) atoms. The Balaban J connectivity index is 2.08. The second kappa shape index (κ2) is 6.43. The molecule has 0 radical (unpaired) electrons. The third-order valence-corrected chi connectivity index (χ3v) is 4.33. The molecule has 1 aliphatic heterocycles. The van der Waals surface area contributed by atoms with Crippen molar-refractivity contribution in [3.63, 3.8) is 0 Å². The maximum Gasteiger partial charge on any atom is 0.316 e. The van der Waals surface area contributed by atoms with Crippen molar-refractivity contribution in [2.24, 2.45) is 0 Å². The first-order chi connectivity index (χ1) is 9.11. The number of hydrogen-bond acceptors (Lipinski definition) is 5. The molecule has 2 heterocycles. The Bertz CT molecular complexity index is 453. The highest BCUT2D eigenvalue weighted by molar-refractivity contribution is 7.99. The van der Waals surface area contributed by atoms with E-state index in [-0.39, 0.29) is 17.8 Å². The van der Waals surface area contributed by atoms with Crippen LogP contribution in [0.4, 0.5) is 0 Å². The Morgan fingerprint density at radius 2 is 2.37 bits per heavy atom. The van der Waals surface area contributed by atoms with Gasteiger partial charge < -0.3 is 14.0 Å². The van der Waals surface area contributed by atoms with Gasteiger partial charge in [-0.3, -0.25) is 4.79 Å². The molecule has 0 spiro atoms. The number of thioether (sulfide) groups is 1. The van der Waals surface area contributed by atoms with E-state index in [1.807, 2.05) is 6.92 Å². The van der Waals surface area contributed by atoms with Gasteiger partial charge in [0, 0.05) is 12.3 Å². The van der Waals surface area contributed by atoms with Crippen LogP contribution >= 0.6 is 11.8 Å². The SMILES string of the molecule is COC(=O)CSc1nc(C)c(C)n1CC1CCCO1. The van der Waals surface area contributed by atoms with Crippen LogP contribution < -0.4 is 0 Å². The molecule has 106 valence electrons. The standard InChI is InChI=1S/C13H20N2O3S/c1-9-10(2)15(7-11-5-4-6-18-11)13(14-9)19-8-12(16)17-3/h11H,4-8H2,1-3H3. The van der Waals surface area contributed by atoms with Crippen LogP contribution in [0.5, 0.6) is 0 Å². The molecule has 0 N–H and O–H groups in total. The molecule has 0 bridgehead atoms. The molecule has 6 heteroatoms. The van der Waals surface area contributed by atoms with Gasteiger partial charge in [0.25, 0.3) is 0 Å². The Morgan fingerprint density at radius 1 is 1.58 bits per heavy atom. The summed E-state index contributed by atoms with van der Waals surface area (Å²) in [5, 5.41) is 0.871. The van der Waals surface area contributed by atoms with E-state index in [0.717, 1.165) is 42.5 Å². The van der Waals surface area contributed by atoms with Gasteiger partial charge in [-0.1, -0.05) is 11.8 Å². The molecule has 1 aromatic rings. The first kappa shape index (κ1) is 14.4. The van der Waals surface area contributed by atoms with Gasteiger partial charge in [0.1, 0.15) is 0 Å². The van der Waals surface area contributed by atoms with E-state index in [0.29, 0.717) is 0 Å². The number of aromatic nitrogens is 2. The van der Waals surface area contributed by atoms with E-state index in [1.165, 1.54) is 18.9 Å². The number of ether oxygens (including phenoxy) is 2. The quantitative estimate of drug-likeness (QED) is 0.611. The number of carbonyl (C=O) groups excluding carboxylic acids is 1. The summed E-state index contributed by atoms with van der Waals surface area (Å²) in [7, 11) is 1.40. The molecule has 0 aliphatic carbocycles. The molecule has 2 rings (SSSR count). The van der Waals surface area contributed by atoms with Gasteiger partial charge in [-0.2, -0.15) is 0 Å². The fourth-order valence-corrected chi connectivity index (χ4v) is 3.06. The Morgan fingerprint density at radius 3 is 3.00 bits per heavy atom. The molecule has 1 fully saturated rings. The predicted molar refractivity (Wildman–Crippen MR) is 73.4 cm³/mol. The molecule has 1 unspecified atom stereocenters. The fourth-order valence-electron chi connectivity index (χ4n) is 2.12. The lowest BCUT2D eigenvalue weighted by atomic mass is 10.2. The minimum Gasteiger partial charge on any atom is -0.468 e. The van der Waals surface area contributed by atoms with Gasteiger partial charge in [0.15, 0.2) is 5.16 Å². The summed E-state index contributed by atoms with van der Waals surface area (Å²) in [5.74, 6) is 0.0599. The van der Waals surface area contributed by atoms with Crippen molar-refractivity contribution in [2.45, 2.75) is 44.5 Å². The lowest BCUT2D eigenvalue weighted by Gasteiger charge is -2.14. The molecule has 1 aliphatic rings. The van der Waals surface area contributed by atoms with Crippen molar-refractivity contribution >= 4 is 17.7 Å². The molecule has 1 aromatic heterocycles. The Labute approximate surface area is 117 Å². The number of methoxy groups -OCH3 is 1. The molecule has 0 saturated carbocycles. The average molecular weight is 284 g/mol. The van der Waals surface area contributed by atoms with Crippen LogP contribution in [0.1, 0.15) is 24.2 Å². The monoisotopic (exact) mass is 284 g/mol. The Kier molecular flexibility index (Phi) is 4.87. The number of imidazole rings is 1. The third kappa shape index (κ3) is 3.51. The summed E-state index contributed by atoms with van der Waals surface area (Å²) in [6, 6.07) is 0. The van der Waals surface area contributed by atoms with Gasteiger partial charge in [0.2, 0.25) is 0 Å². The van der Waals surface area contributed by atoms with Crippen LogP contribution in [0.25, 0.3) is 0 Å². The van der Waals surface area contributed by atoms with Crippen molar-refractivity contribution in [3.8, 4) is 0 Å². The van der Waals surface area contributed by atoms with Gasteiger partial charge in [-0.15, -0.1) is 0 Å². The highest BCUT2D eigenvalue weighted by atomic mass is 32.2. The van der Waals surface area contributed by atoms with Gasteiger partial charge in [0.05, 0.1) is 31.2 Å². The maximum atomic E-state index is 11.2. The van der Waals surface area contributed by atoms with Gasteiger partial charge in [-0.25, -0.2) is 4.98 Å². The van der Waals surface area contributed by atoms with Crippen LogP contribution in [0.3, 0.4) is 0 Å². The van der Waals surface area contributed by atoms with Crippen molar-refractivity contribution in [3.05, 3.63) is 11.4 Å². The molecule has 0 aromatic carbocycles. The van der Waals surface area contributed by atoms with Gasteiger partial charge in [-0.05, 0) is 26.7 Å². The summed E-state index contributed by atoms with van der Waals surface area (Å²) < 4.78 is 12.5.